The van der Waals surface area contributed by atoms with Crippen LogP contribution >= 0.6 is 15.9 Å². The van der Waals surface area contributed by atoms with Gasteiger partial charge in [0.15, 0.2) is 0 Å². The molecule has 0 unspecified atom stereocenters. The zero-order valence-electron chi connectivity index (χ0n) is 14.0. The van der Waals surface area contributed by atoms with Gasteiger partial charge in [0.2, 0.25) is 11.8 Å². The minimum atomic E-state index is -0.343. The third kappa shape index (κ3) is 3.75. The Kier molecular flexibility index (Phi) is 4.72. The molecule has 1 N–H and O–H groups in total. The van der Waals surface area contributed by atoms with Crippen molar-refractivity contribution in [3.63, 3.8) is 0 Å². The number of hydrogen-bond donors (Lipinski definition) is 1. The van der Waals surface area contributed by atoms with Gasteiger partial charge in [-0.1, -0.05) is 0 Å². The van der Waals surface area contributed by atoms with Gasteiger partial charge >= 0.3 is 0 Å². The van der Waals surface area contributed by atoms with Crippen LogP contribution in [0.1, 0.15) is 5.69 Å². The Bertz CT molecular complexity index is 1090. The van der Waals surface area contributed by atoms with Crippen LogP contribution in [-0.2, 0) is 17.9 Å². The fourth-order valence-corrected chi connectivity index (χ4v) is 3.07. The van der Waals surface area contributed by atoms with Crippen molar-refractivity contribution in [1.82, 2.24) is 19.9 Å². The fourth-order valence-electron chi connectivity index (χ4n) is 2.84. The average molecular weight is 429 g/mol. The molecular weight excluding hydrogens is 415 g/mol. The number of nitrogens with one attached hydrogen (secondary N) is 1. The number of pyridine rings is 1. The maximum atomic E-state index is 13.6. The molecule has 4 aromatic rings. The number of aromatic nitrogens is 3. The lowest BCUT2D eigenvalue weighted by molar-refractivity contribution is -0.121. The summed E-state index contributed by atoms with van der Waals surface area (Å²) in [6.45, 7) is 0.359. The number of hydrogen-bond acceptors (Lipinski definition) is 4. The number of oxazole rings is 1. The Hall–Kier alpha value is -3.00. The van der Waals surface area contributed by atoms with Crippen molar-refractivity contribution in [2.24, 2.45) is 0 Å². The monoisotopic (exact) mass is 428 g/mol. The summed E-state index contributed by atoms with van der Waals surface area (Å²) in [5.74, 6) is -0.173. The largest absolute Gasteiger partial charge is 0.443 e. The molecule has 136 valence electrons. The normalized spacial score (nSPS) is 11.0. The molecule has 1 aromatic carbocycles. The number of benzene rings is 1. The Morgan fingerprint density at radius 2 is 2.11 bits per heavy atom. The van der Waals surface area contributed by atoms with Gasteiger partial charge in [-0.3, -0.25) is 9.78 Å². The van der Waals surface area contributed by atoms with Crippen LogP contribution < -0.4 is 5.32 Å². The van der Waals surface area contributed by atoms with Gasteiger partial charge in [0.1, 0.15) is 24.3 Å². The van der Waals surface area contributed by atoms with Crippen LogP contribution in [0.3, 0.4) is 0 Å². The first-order chi connectivity index (χ1) is 13.1. The zero-order chi connectivity index (χ0) is 18.8. The predicted molar refractivity (Wildman–Crippen MR) is 101 cm³/mol. The molecule has 0 fully saturated rings. The summed E-state index contributed by atoms with van der Waals surface area (Å²) in [5, 5.41) is 3.51. The minimum absolute atomic E-state index is 0.0450. The second-order valence-corrected chi connectivity index (χ2v) is 6.82. The smallest absolute Gasteiger partial charge is 0.243 e. The van der Waals surface area contributed by atoms with E-state index < -0.39 is 0 Å². The van der Waals surface area contributed by atoms with Crippen LogP contribution in [-0.4, -0.2) is 20.4 Å². The fraction of sp³-hybridized carbons (Fsp3) is 0.105. The van der Waals surface area contributed by atoms with E-state index in [1.165, 1.54) is 24.6 Å². The lowest BCUT2D eigenvalue weighted by atomic mass is 10.2. The second kappa shape index (κ2) is 7.32. The number of carbonyl (C=O) groups excluding carboxylic acids is 1. The van der Waals surface area contributed by atoms with Gasteiger partial charge in [-0.2, -0.15) is 0 Å². The predicted octanol–water partition coefficient (Wildman–Crippen LogP) is 3.91. The standard InChI is InChI=1S/C19H14BrFN4O2/c20-13-1-3-15(23-9-13)10-24-18(26)11-25-16-4-2-14(21)7-12(16)8-17(25)19-22-5-6-27-19/h1-9H,10-11H2,(H,24,26). The van der Waals surface area contributed by atoms with Crippen molar-refractivity contribution >= 4 is 32.7 Å². The first kappa shape index (κ1) is 17.4. The molecule has 3 heterocycles. The highest BCUT2D eigenvalue weighted by atomic mass is 79.9. The molecule has 0 spiro atoms. The zero-order valence-corrected chi connectivity index (χ0v) is 15.6. The van der Waals surface area contributed by atoms with Gasteiger partial charge in [0, 0.05) is 21.6 Å². The van der Waals surface area contributed by atoms with Gasteiger partial charge in [0.05, 0.1) is 18.4 Å². The van der Waals surface area contributed by atoms with E-state index in [4.69, 9.17) is 4.42 Å². The highest BCUT2D eigenvalue weighted by molar-refractivity contribution is 9.10. The number of amides is 1. The number of nitrogens with zero attached hydrogens (tertiary/aromatic N) is 3. The van der Waals surface area contributed by atoms with E-state index in [2.05, 4.69) is 31.2 Å². The Labute approximate surface area is 162 Å². The van der Waals surface area contributed by atoms with Crippen LogP contribution in [0.5, 0.6) is 0 Å². The highest BCUT2D eigenvalue weighted by Gasteiger charge is 2.17. The molecule has 1 amide bonds. The second-order valence-electron chi connectivity index (χ2n) is 5.90. The average Bonchev–Trinajstić information content (AvgIpc) is 3.29. The van der Waals surface area contributed by atoms with Crippen LogP contribution in [0, 0.1) is 5.82 Å². The molecule has 0 saturated carbocycles. The van der Waals surface area contributed by atoms with E-state index in [0.717, 1.165) is 15.7 Å². The Balaban J connectivity index is 1.59. The molecule has 3 aromatic heterocycles. The van der Waals surface area contributed by atoms with Crippen molar-refractivity contribution in [2.75, 3.05) is 0 Å². The maximum Gasteiger partial charge on any atom is 0.243 e. The van der Waals surface area contributed by atoms with E-state index in [9.17, 15) is 9.18 Å². The maximum absolute atomic E-state index is 13.6. The minimum Gasteiger partial charge on any atom is -0.443 e. The summed E-state index contributed by atoms with van der Waals surface area (Å²) in [6, 6.07) is 9.87. The summed E-state index contributed by atoms with van der Waals surface area (Å²) in [4.78, 5) is 20.9. The van der Waals surface area contributed by atoms with Crippen molar-refractivity contribution in [1.29, 1.82) is 0 Å². The summed E-state index contributed by atoms with van der Waals surface area (Å²) in [7, 11) is 0. The Morgan fingerprint density at radius 3 is 2.85 bits per heavy atom. The van der Waals surface area contributed by atoms with Crippen LogP contribution in [0.2, 0.25) is 0 Å². The third-order valence-corrected chi connectivity index (χ3v) is 4.54. The first-order valence-electron chi connectivity index (χ1n) is 8.16. The summed E-state index contributed by atoms with van der Waals surface area (Å²) < 4.78 is 21.6. The highest BCUT2D eigenvalue weighted by Crippen LogP contribution is 2.27. The van der Waals surface area contributed by atoms with E-state index in [-0.39, 0.29) is 18.3 Å². The molecule has 0 bridgehead atoms. The van der Waals surface area contributed by atoms with E-state index in [1.807, 2.05) is 12.1 Å². The molecule has 0 saturated heterocycles. The summed E-state index contributed by atoms with van der Waals surface area (Å²) in [5.41, 5.74) is 2.08. The topological polar surface area (TPSA) is 73.0 Å². The Morgan fingerprint density at radius 1 is 1.22 bits per heavy atom. The van der Waals surface area contributed by atoms with Crippen molar-refractivity contribution in [3.05, 3.63) is 71.0 Å². The van der Waals surface area contributed by atoms with Gasteiger partial charge in [-0.15, -0.1) is 0 Å². The molecule has 8 heteroatoms. The van der Waals surface area contributed by atoms with Crippen LogP contribution in [0.25, 0.3) is 22.5 Å². The van der Waals surface area contributed by atoms with Gasteiger partial charge in [-0.05, 0) is 52.3 Å². The molecule has 0 aliphatic heterocycles. The first-order valence-corrected chi connectivity index (χ1v) is 8.95. The quantitative estimate of drug-likeness (QED) is 0.522. The third-order valence-electron chi connectivity index (χ3n) is 4.07. The van der Waals surface area contributed by atoms with Crippen LogP contribution in [0.15, 0.2) is 63.9 Å². The lowest BCUT2D eigenvalue weighted by Gasteiger charge is -2.10. The van der Waals surface area contributed by atoms with Gasteiger partial charge in [-0.25, -0.2) is 9.37 Å². The number of rotatable bonds is 5. The number of carbonyl (C=O) groups is 1. The molecule has 0 aliphatic rings. The van der Waals surface area contributed by atoms with E-state index >= 15 is 0 Å². The van der Waals surface area contributed by atoms with Crippen LogP contribution in [0.4, 0.5) is 4.39 Å². The molecule has 4 rings (SSSR count). The number of halogens is 2. The lowest BCUT2D eigenvalue weighted by Crippen LogP contribution is -2.27. The van der Waals surface area contributed by atoms with E-state index in [1.54, 1.807) is 22.9 Å². The molecule has 0 radical (unpaired) electrons. The molecule has 27 heavy (non-hydrogen) atoms. The van der Waals surface area contributed by atoms with E-state index in [0.29, 0.717) is 23.5 Å². The van der Waals surface area contributed by atoms with Crippen molar-refractivity contribution in [3.8, 4) is 11.6 Å². The summed E-state index contributed by atoms with van der Waals surface area (Å²) in [6.07, 6.45) is 4.66. The molecule has 0 atom stereocenters. The molecular formula is C19H14BrFN4O2. The van der Waals surface area contributed by atoms with Gasteiger partial charge in [0.25, 0.3) is 0 Å². The summed E-state index contributed by atoms with van der Waals surface area (Å²) >= 11 is 3.33. The van der Waals surface area contributed by atoms with Gasteiger partial charge < -0.3 is 14.3 Å². The van der Waals surface area contributed by atoms with Crippen molar-refractivity contribution < 1.29 is 13.6 Å². The molecule has 6 nitrogen and oxygen atoms in total. The van der Waals surface area contributed by atoms with Crippen molar-refractivity contribution in [2.45, 2.75) is 13.1 Å². The molecule has 0 aliphatic carbocycles. The SMILES string of the molecule is O=C(Cn1c(-c2ncco2)cc2cc(F)ccc21)NCc1ccc(Br)cn1. The number of fused-ring (bicyclic) bond motifs is 1.